The fourth-order valence-corrected chi connectivity index (χ4v) is 3.77. The van der Waals surface area contributed by atoms with Gasteiger partial charge in [0.25, 0.3) is 0 Å². The van der Waals surface area contributed by atoms with E-state index < -0.39 is 0 Å². The Morgan fingerprint density at radius 1 is 1.15 bits per heavy atom. The Balaban J connectivity index is 1.39. The van der Waals surface area contributed by atoms with Crippen molar-refractivity contribution in [2.24, 2.45) is 0 Å². The summed E-state index contributed by atoms with van der Waals surface area (Å²) in [7, 11) is 0. The first-order valence-electron chi connectivity index (χ1n) is 11.4. The third kappa shape index (κ3) is 4.61. The number of nitrogens with zero attached hydrogens (tertiary/aromatic N) is 2. The molecule has 2 aromatic carbocycles. The Morgan fingerprint density at radius 3 is 2.68 bits per heavy atom. The van der Waals surface area contributed by atoms with E-state index >= 15 is 0 Å². The summed E-state index contributed by atoms with van der Waals surface area (Å²) in [6.07, 6.45) is 4.78. The quantitative estimate of drug-likeness (QED) is 0.518. The van der Waals surface area contributed by atoms with Gasteiger partial charge < -0.3 is 24.8 Å². The Bertz CT molecular complexity index is 1290. The van der Waals surface area contributed by atoms with Gasteiger partial charge in [0.2, 0.25) is 0 Å². The van der Waals surface area contributed by atoms with E-state index in [0.29, 0.717) is 46.4 Å². The van der Waals surface area contributed by atoms with Gasteiger partial charge in [-0.15, -0.1) is 0 Å². The number of rotatable bonds is 7. The van der Waals surface area contributed by atoms with Crippen molar-refractivity contribution in [3.63, 3.8) is 0 Å². The first kappa shape index (κ1) is 22.0. The molecule has 5 rings (SSSR count). The monoisotopic (exact) mass is 458 g/mol. The number of carbonyl (C=O) groups is 1. The maximum absolute atomic E-state index is 12.1. The molecule has 1 saturated carbocycles. The molecule has 8 heteroatoms. The van der Waals surface area contributed by atoms with Crippen LogP contribution >= 0.6 is 0 Å². The lowest BCUT2D eigenvalue weighted by molar-refractivity contribution is -0.0721. The number of hydrogen-bond donors (Lipinski definition) is 2. The average molecular weight is 459 g/mol. The van der Waals surface area contributed by atoms with E-state index in [0.717, 1.165) is 42.7 Å². The van der Waals surface area contributed by atoms with Crippen molar-refractivity contribution in [3.05, 3.63) is 53.2 Å². The highest BCUT2D eigenvalue weighted by Gasteiger charge is 2.24. The number of fused-ring (bicyclic) bond motifs is 1. The molecule has 0 spiro atoms. The molecule has 1 saturated heterocycles. The molecular formula is C26H26N4O4. The van der Waals surface area contributed by atoms with Crippen LogP contribution in [0.25, 0.3) is 10.9 Å². The second-order valence-electron chi connectivity index (χ2n) is 8.71. The second-order valence-corrected chi connectivity index (χ2v) is 8.71. The lowest BCUT2D eigenvalue weighted by atomic mass is 10.1. The van der Waals surface area contributed by atoms with Crippen LogP contribution in [0.2, 0.25) is 0 Å². The molecule has 8 nitrogen and oxygen atoms in total. The van der Waals surface area contributed by atoms with Crippen LogP contribution in [0.3, 0.4) is 0 Å². The number of nitrogens with one attached hydrogen (secondary N) is 2. The predicted octanol–water partition coefficient (Wildman–Crippen LogP) is 4.97. The number of anilines is 1. The molecule has 1 aromatic heterocycles. The standard InChI is InChI=1S/C26H26N4O4/c1-15-16(2)23(6-5-21(15)30-26(31)29-18-3-4-18)34-24-7-9-28-22-12-25(17(13-27)11-20(22)24)33-14-19-8-10-32-19/h5-7,9,11-12,18-19H,3-4,8,10,14H2,1-2H3,(H2,29,30,31)/t19-/m1/s1. The van der Waals surface area contributed by atoms with Gasteiger partial charge in [-0.05, 0) is 62.1 Å². The zero-order valence-electron chi connectivity index (χ0n) is 19.2. The molecule has 2 heterocycles. The minimum Gasteiger partial charge on any atom is -0.489 e. The van der Waals surface area contributed by atoms with E-state index in [1.807, 2.05) is 26.0 Å². The van der Waals surface area contributed by atoms with Gasteiger partial charge >= 0.3 is 6.03 Å². The summed E-state index contributed by atoms with van der Waals surface area (Å²) in [6, 6.07) is 11.3. The third-order valence-corrected chi connectivity index (χ3v) is 6.26. The number of pyridine rings is 1. The number of amides is 2. The minimum absolute atomic E-state index is 0.0772. The van der Waals surface area contributed by atoms with Crippen molar-refractivity contribution in [2.75, 3.05) is 18.5 Å². The van der Waals surface area contributed by atoms with Crippen LogP contribution in [0.5, 0.6) is 17.2 Å². The number of urea groups is 1. The molecule has 0 unspecified atom stereocenters. The van der Waals surface area contributed by atoms with Crippen LogP contribution in [0.1, 0.15) is 36.0 Å². The molecule has 174 valence electrons. The smallest absolute Gasteiger partial charge is 0.319 e. The molecule has 2 aliphatic rings. The Labute approximate surface area is 197 Å². The van der Waals surface area contributed by atoms with Gasteiger partial charge in [-0.2, -0.15) is 5.26 Å². The molecule has 2 N–H and O–H groups in total. The second kappa shape index (κ2) is 9.20. The number of ether oxygens (including phenoxy) is 3. The molecule has 34 heavy (non-hydrogen) atoms. The van der Waals surface area contributed by atoms with Gasteiger partial charge in [0.15, 0.2) is 0 Å². The largest absolute Gasteiger partial charge is 0.489 e. The molecule has 3 aromatic rings. The third-order valence-electron chi connectivity index (χ3n) is 6.26. The van der Waals surface area contributed by atoms with Gasteiger partial charge in [0, 0.05) is 42.4 Å². The normalized spacial score (nSPS) is 16.9. The van der Waals surface area contributed by atoms with Crippen LogP contribution < -0.4 is 20.1 Å². The summed E-state index contributed by atoms with van der Waals surface area (Å²) in [4.78, 5) is 16.6. The summed E-state index contributed by atoms with van der Waals surface area (Å²) >= 11 is 0. The van der Waals surface area contributed by atoms with E-state index in [-0.39, 0.29) is 12.1 Å². The van der Waals surface area contributed by atoms with Crippen molar-refractivity contribution < 1.29 is 19.0 Å². The number of carbonyl (C=O) groups excluding carboxylic acids is 1. The zero-order valence-corrected chi connectivity index (χ0v) is 19.2. The van der Waals surface area contributed by atoms with Crippen molar-refractivity contribution in [1.82, 2.24) is 10.3 Å². The maximum Gasteiger partial charge on any atom is 0.319 e. The number of nitriles is 1. The highest BCUT2D eigenvalue weighted by molar-refractivity contribution is 5.91. The molecule has 0 radical (unpaired) electrons. The van der Waals surface area contributed by atoms with Crippen LogP contribution in [0.4, 0.5) is 10.5 Å². The van der Waals surface area contributed by atoms with Crippen molar-refractivity contribution in [1.29, 1.82) is 5.26 Å². The van der Waals surface area contributed by atoms with Gasteiger partial charge in [-0.3, -0.25) is 4.98 Å². The topological polar surface area (TPSA) is 106 Å². The van der Waals surface area contributed by atoms with E-state index in [4.69, 9.17) is 14.2 Å². The Kier molecular flexibility index (Phi) is 5.95. The van der Waals surface area contributed by atoms with Crippen molar-refractivity contribution in [3.8, 4) is 23.3 Å². The van der Waals surface area contributed by atoms with Gasteiger partial charge in [-0.25, -0.2) is 4.79 Å². The maximum atomic E-state index is 12.1. The Morgan fingerprint density at radius 2 is 1.97 bits per heavy atom. The molecule has 1 aliphatic carbocycles. The van der Waals surface area contributed by atoms with Crippen LogP contribution in [-0.4, -0.2) is 36.4 Å². The minimum atomic E-state index is -0.190. The highest BCUT2D eigenvalue weighted by atomic mass is 16.5. The van der Waals surface area contributed by atoms with Crippen LogP contribution in [0, 0.1) is 25.2 Å². The van der Waals surface area contributed by atoms with E-state index in [2.05, 4.69) is 21.7 Å². The summed E-state index contributed by atoms with van der Waals surface area (Å²) in [5.41, 5.74) is 3.67. The summed E-state index contributed by atoms with van der Waals surface area (Å²) in [5, 5.41) is 16.2. The average Bonchev–Trinajstić information content (AvgIpc) is 3.61. The lowest BCUT2D eigenvalue weighted by Gasteiger charge is -2.26. The van der Waals surface area contributed by atoms with Gasteiger partial charge in [0.05, 0.1) is 17.2 Å². The predicted molar refractivity (Wildman–Crippen MR) is 127 cm³/mol. The van der Waals surface area contributed by atoms with E-state index in [1.54, 1.807) is 24.4 Å². The van der Waals surface area contributed by atoms with Crippen molar-refractivity contribution in [2.45, 2.75) is 45.3 Å². The fraction of sp³-hybridized carbons (Fsp3) is 0.346. The highest BCUT2D eigenvalue weighted by Crippen LogP contribution is 2.36. The van der Waals surface area contributed by atoms with Gasteiger partial charge in [0.1, 0.15) is 29.9 Å². The molecule has 2 amide bonds. The van der Waals surface area contributed by atoms with Crippen LogP contribution in [-0.2, 0) is 4.74 Å². The fourth-order valence-electron chi connectivity index (χ4n) is 3.77. The number of benzene rings is 2. The molecule has 1 atom stereocenters. The van der Waals surface area contributed by atoms with Gasteiger partial charge in [-0.1, -0.05) is 0 Å². The number of hydrogen-bond acceptors (Lipinski definition) is 6. The molecule has 2 fully saturated rings. The molecular weight excluding hydrogens is 432 g/mol. The summed E-state index contributed by atoms with van der Waals surface area (Å²) in [6.45, 7) is 5.06. The molecule has 0 bridgehead atoms. The summed E-state index contributed by atoms with van der Waals surface area (Å²) < 4.78 is 17.5. The Hall–Kier alpha value is -3.83. The van der Waals surface area contributed by atoms with Crippen molar-refractivity contribution >= 4 is 22.6 Å². The van der Waals surface area contributed by atoms with Crippen LogP contribution in [0.15, 0.2) is 36.5 Å². The van der Waals surface area contributed by atoms with E-state index in [9.17, 15) is 10.1 Å². The lowest BCUT2D eigenvalue weighted by Crippen LogP contribution is -2.32. The first-order chi connectivity index (χ1) is 16.5. The summed E-state index contributed by atoms with van der Waals surface area (Å²) in [5.74, 6) is 1.74. The number of aromatic nitrogens is 1. The SMILES string of the molecule is Cc1c(NC(=O)NC2CC2)ccc(Oc2ccnc3cc(OC[C@H]4CCO4)c(C#N)cc23)c1C. The zero-order chi connectivity index (χ0) is 23.7. The van der Waals surface area contributed by atoms with E-state index in [1.165, 1.54) is 0 Å². The first-order valence-corrected chi connectivity index (χ1v) is 11.4. The molecule has 1 aliphatic heterocycles.